The lowest BCUT2D eigenvalue weighted by atomic mass is 9.96. The van der Waals surface area contributed by atoms with E-state index in [2.05, 4.69) is 20.7 Å². The predicted molar refractivity (Wildman–Crippen MR) is 177 cm³/mol. The van der Waals surface area contributed by atoms with Crippen molar-refractivity contribution < 1.29 is 28.0 Å². The van der Waals surface area contributed by atoms with Crippen LogP contribution >= 0.6 is 23.2 Å². The molecule has 4 aromatic rings. The van der Waals surface area contributed by atoms with E-state index in [0.29, 0.717) is 53.2 Å². The van der Waals surface area contributed by atoms with E-state index >= 15 is 0 Å². The number of benzene rings is 1. The Kier molecular flexibility index (Phi) is 11.0. The lowest BCUT2D eigenvalue weighted by molar-refractivity contribution is -0.138. The second-order valence-corrected chi connectivity index (χ2v) is 12.6. The van der Waals surface area contributed by atoms with Gasteiger partial charge in [-0.05, 0) is 80.5 Å². The first-order valence-electron chi connectivity index (χ1n) is 15.5. The maximum absolute atomic E-state index is 14.0. The molecule has 1 fully saturated rings. The number of carbonyl (C=O) groups is 4. The number of hydrogen-bond donors (Lipinski definition) is 2. The Morgan fingerprint density at radius 2 is 1.83 bits per heavy atom. The number of aryl methyl sites for hydroxylation is 2. The van der Waals surface area contributed by atoms with Gasteiger partial charge in [-0.1, -0.05) is 23.7 Å². The van der Waals surface area contributed by atoms with Gasteiger partial charge >= 0.3 is 0 Å². The highest BCUT2D eigenvalue weighted by Gasteiger charge is 2.36. The molecule has 4 heterocycles. The minimum absolute atomic E-state index is 0.0382. The molecule has 0 spiro atoms. The second kappa shape index (κ2) is 15.1. The molecule has 3 atom stereocenters. The number of nitrogens with zero attached hydrogens (tertiary/aromatic N) is 4. The van der Waals surface area contributed by atoms with Gasteiger partial charge in [0, 0.05) is 50.1 Å². The molecule has 2 N–H and O–H groups in total. The number of nitrogens with one attached hydrogen (secondary N) is 2. The molecule has 0 saturated carbocycles. The summed E-state index contributed by atoms with van der Waals surface area (Å²) in [5, 5.41) is 10.0. The summed E-state index contributed by atoms with van der Waals surface area (Å²) >= 11 is 12.6. The fraction of sp³-hybridized carbons (Fsp3) is 0.353. The lowest BCUT2D eigenvalue weighted by Gasteiger charge is -2.27. The van der Waals surface area contributed by atoms with Gasteiger partial charge in [0.1, 0.15) is 11.9 Å². The summed E-state index contributed by atoms with van der Waals surface area (Å²) in [7, 11) is 1.68. The molecule has 252 valence electrons. The van der Waals surface area contributed by atoms with Crippen LogP contribution in [0.25, 0.3) is 11.3 Å². The van der Waals surface area contributed by atoms with Crippen molar-refractivity contribution in [3.05, 3.63) is 93.5 Å². The average Bonchev–Trinajstić information content (AvgIpc) is 3.79. The van der Waals surface area contributed by atoms with E-state index in [1.165, 1.54) is 40.3 Å². The molecule has 1 aromatic carbocycles. The second-order valence-electron chi connectivity index (χ2n) is 11.8. The number of likely N-dealkylation sites (tertiary alicyclic amines) is 1. The van der Waals surface area contributed by atoms with Crippen LogP contribution in [0.3, 0.4) is 0 Å². The maximum Gasteiger partial charge on any atom is 0.287 e. The summed E-state index contributed by atoms with van der Waals surface area (Å²) in [6.45, 7) is 3.63. The maximum atomic E-state index is 14.0. The molecular weight excluding hydrogens is 662 g/mol. The minimum atomic E-state index is -0.848. The molecule has 1 aliphatic heterocycles. The van der Waals surface area contributed by atoms with Gasteiger partial charge < -0.3 is 20.0 Å². The fourth-order valence-electron chi connectivity index (χ4n) is 5.90. The summed E-state index contributed by atoms with van der Waals surface area (Å²) in [4.78, 5) is 58.4. The van der Waals surface area contributed by atoms with Gasteiger partial charge in [-0.2, -0.15) is 5.10 Å². The van der Waals surface area contributed by atoms with Crippen LogP contribution in [-0.4, -0.2) is 67.8 Å². The predicted octanol–water partition coefficient (Wildman–Crippen LogP) is 5.33. The number of Topliss-reactive ketones (excluding diaryl/α,β-unsaturated/α-hetero) is 1. The Morgan fingerprint density at radius 3 is 2.52 bits per heavy atom. The van der Waals surface area contributed by atoms with E-state index in [-0.39, 0.29) is 41.3 Å². The zero-order valence-electron chi connectivity index (χ0n) is 26.6. The minimum Gasteiger partial charge on any atom is -0.439 e. The van der Waals surface area contributed by atoms with Crippen LogP contribution in [0.2, 0.25) is 10.2 Å². The van der Waals surface area contributed by atoms with Crippen molar-refractivity contribution in [2.45, 2.75) is 64.1 Å². The first-order chi connectivity index (χ1) is 22.9. The number of aromatic nitrogens is 3. The molecule has 14 heteroatoms. The highest BCUT2D eigenvalue weighted by atomic mass is 35.5. The SMILES string of the molecule is Cc1cc(C[C@@H](CCC(=O)[C@@H]2CCCN2C(=O)[C@@H](C)NC(=O)c2ccncc2)NC(=O)c2cc(-c3c(Cl)cnn3C)c(Cl)o2)ccc1F. The molecule has 5 rings (SSSR count). The van der Waals surface area contributed by atoms with Crippen molar-refractivity contribution in [3.8, 4) is 11.3 Å². The van der Waals surface area contributed by atoms with Crippen LogP contribution < -0.4 is 10.6 Å². The molecule has 0 unspecified atom stereocenters. The number of carbonyl (C=O) groups excluding carboxylic acids is 4. The van der Waals surface area contributed by atoms with Crippen molar-refractivity contribution >= 4 is 46.7 Å². The monoisotopic (exact) mass is 696 g/mol. The Balaban J connectivity index is 1.27. The van der Waals surface area contributed by atoms with Gasteiger partial charge in [-0.3, -0.25) is 28.8 Å². The van der Waals surface area contributed by atoms with E-state index in [4.69, 9.17) is 27.6 Å². The van der Waals surface area contributed by atoms with Gasteiger partial charge in [0.15, 0.2) is 11.5 Å². The molecule has 1 aliphatic rings. The third kappa shape index (κ3) is 7.94. The van der Waals surface area contributed by atoms with Crippen molar-refractivity contribution in [3.63, 3.8) is 0 Å². The molecule has 3 aromatic heterocycles. The zero-order chi connectivity index (χ0) is 34.5. The third-order valence-electron chi connectivity index (χ3n) is 8.41. The van der Waals surface area contributed by atoms with Crippen molar-refractivity contribution in [2.24, 2.45) is 7.05 Å². The van der Waals surface area contributed by atoms with Crippen molar-refractivity contribution in [1.29, 1.82) is 0 Å². The zero-order valence-corrected chi connectivity index (χ0v) is 28.1. The number of halogens is 3. The van der Waals surface area contributed by atoms with Crippen LogP contribution in [0, 0.1) is 12.7 Å². The Morgan fingerprint density at radius 1 is 1.08 bits per heavy atom. The number of amides is 3. The number of furan rings is 1. The molecule has 0 aliphatic carbocycles. The summed E-state index contributed by atoms with van der Waals surface area (Å²) in [5.41, 5.74) is 2.47. The summed E-state index contributed by atoms with van der Waals surface area (Å²) in [5.74, 6) is -1.89. The molecule has 48 heavy (non-hydrogen) atoms. The largest absolute Gasteiger partial charge is 0.439 e. The van der Waals surface area contributed by atoms with Crippen LogP contribution in [0.5, 0.6) is 0 Å². The van der Waals surface area contributed by atoms with E-state index in [1.807, 2.05) is 0 Å². The summed E-state index contributed by atoms with van der Waals surface area (Å²) in [6, 6.07) is 7.21. The Hall–Kier alpha value is -4.55. The van der Waals surface area contributed by atoms with Gasteiger partial charge in [-0.25, -0.2) is 4.39 Å². The van der Waals surface area contributed by atoms with Gasteiger partial charge in [0.05, 0.1) is 28.5 Å². The molecule has 1 saturated heterocycles. The van der Waals surface area contributed by atoms with Crippen molar-refractivity contribution in [2.75, 3.05) is 6.54 Å². The molecule has 0 radical (unpaired) electrons. The highest BCUT2D eigenvalue weighted by Crippen LogP contribution is 2.35. The van der Waals surface area contributed by atoms with E-state index in [1.54, 1.807) is 45.2 Å². The topological polar surface area (TPSA) is 139 Å². The average molecular weight is 698 g/mol. The molecule has 11 nitrogen and oxygen atoms in total. The van der Waals surface area contributed by atoms with Crippen LogP contribution in [0.15, 0.2) is 59.4 Å². The molecular formula is C34H35Cl2FN6O5. The van der Waals surface area contributed by atoms with Gasteiger partial charge in [0.25, 0.3) is 11.8 Å². The third-order valence-corrected chi connectivity index (χ3v) is 8.96. The Bertz CT molecular complexity index is 1810. The number of hydrogen-bond acceptors (Lipinski definition) is 7. The summed E-state index contributed by atoms with van der Waals surface area (Å²) in [6.07, 6.45) is 6.18. The van der Waals surface area contributed by atoms with Crippen LogP contribution in [0.1, 0.15) is 64.6 Å². The first-order valence-corrected chi connectivity index (χ1v) is 16.3. The van der Waals surface area contributed by atoms with E-state index < -0.39 is 29.9 Å². The molecule has 3 amide bonds. The van der Waals surface area contributed by atoms with E-state index in [0.717, 1.165) is 5.56 Å². The fourth-order valence-corrected chi connectivity index (χ4v) is 6.39. The first kappa shape index (κ1) is 34.8. The van der Waals surface area contributed by atoms with Gasteiger partial charge in [-0.15, -0.1) is 0 Å². The Labute approximate surface area is 286 Å². The number of pyridine rings is 1. The van der Waals surface area contributed by atoms with Crippen LogP contribution in [-0.2, 0) is 23.1 Å². The van der Waals surface area contributed by atoms with E-state index in [9.17, 15) is 23.6 Å². The molecule has 0 bridgehead atoms. The normalized spacial score (nSPS) is 15.6. The van der Waals surface area contributed by atoms with Gasteiger partial charge in [0.2, 0.25) is 11.1 Å². The number of ketones is 1. The quantitative estimate of drug-likeness (QED) is 0.204. The smallest absolute Gasteiger partial charge is 0.287 e. The number of rotatable bonds is 12. The lowest BCUT2D eigenvalue weighted by Crippen LogP contribution is -2.50. The van der Waals surface area contributed by atoms with Crippen LogP contribution in [0.4, 0.5) is 4.39 Å². The van der Waals surface area contributed by atoms with Crippen molar-refractivity contribution in [1.82, 2.24) is 30.3 Å². The highest BCUT2D eigenvalue weighted by molar-refractivity contribution is 6.35. The summed E-state index contributed by atoms with van der Waals surface area (Å²) < 4.78 is 21.1. The standard InChI is InChI=1S/C34H35Cl2FN6O5/c1-19-15-21(6-8-26(19)37)16-23(41-33(46)29-17-24(31(36)48-29)30-25(35)18-39-42(30)3)7-9-28(44)27-5-4-14-43(27)34(47)20(2)40-32(45)22-10-12-38-13-11-22/h6,8,10-13,15,17-18,20,23,27H,4-5,7,9,14,16H2,1-3H3,(H,40,45)(H,41,46)/t20-,23-,27+/m1/s1.